The second kappa shape index (κ2) is 9.56. The third-order valence-electron chi connectivity index (χ3n) is 4.52. The van der Waals surface area contributed by atoms with Crippen LogP contribution in [0, 0.1) is 0 Å². The number of hydrogen-bond acceptors (Lipinski definition) is 5. The molecule has 0 saturated heterocycles. The summed E-state index contributed by atoms with van der Waals surface area (Å²) in [7, 11) is 0. The van der Waals surface area contributed by atoms with E-state index in [1.54, 1.807) is 6.92 Å². The lowest BCUT2D eigenvalue weighted by atomic mass is 10.1. The number of esters is 1. The quantitative estimate of drug-likeness (QED) is 0.340. The van der Waals surface area contributed by atoms with Crippen LogP contribution in [0.4, 0.5) is 5.00 Å². The van der Waals surface area contributed by atoms with Gasteiger partial charge in [0.15, 0.2) is 0 Å². The Morgan fingerprint density at radius 2 is 1.93 bits per heavy atom. The average molecular weight is 476 g/mol. The van der Waals surface area contributed by atoms with Crippen LogP contribution >= 0.6 is 46.1 Å². The maximum atomic E-state index is 12.5. The molecule has 1 aromatic heterocycles. The number of ether oxygens (including phenoxy) is 1. The van der Waals surface area contributed by atoms with Crippen molar-refractivity contribution >= 4 is 63.0 Å². The van der Waals surface area contributed by atoms with E-state index in [2.05, 4.69) is 10.6 Å². The van der Waals surface area contributed by atoms with Gasteiger partial charge in [-0.05, 0) is 37.3 Å². The van der Waals surface area contributed by atoms with Crippen molar-refractivity contribution in [3.63, 3.8) is 0 Å². The molecule has 0 aliphatic heterocycles. The molecule has 0 saturated carbocycles. The summed E-state index contributed by atoms with van der Waals surface area (Å²) in [5.74, 6) is -0.713. The first-order valence-corrected chi connectivity index (χ1v) is 11.2. The fraction of sp³-hybridized carbons (Fsp3) is 0.400. The van der Waals surface area contributed by atoms with Gasteiger partial charge in [0.05, 0.1) is 18.6 Å². The zero-order chi connectivity index (χ0) is 21.0. The summed E-state index contributed by atoms with van der Waals surface area (Å²) in [4.78, 5) is 26.2. The number of hydrogen-bond donors (Lipinski definition) is 2. The summed E-state index contributed by atoms with van der Waals surface area (Å²) in [6.45, 7) is 2.02. The molecule has 2 N–H and O–H groups in total. The minimum absolute atomic E-state index is 0.144. The predicted molar refractivity (Wildman–Crippen MR) is 118 cm³/mol. The molecule has 2 aromatic rings. The van der Waals surface area contributed by atoms with E-state index in [4.69, 9.17) is 39.5 Å². The Morgan fingerprint density at radius 3 is 2.59 bits per heavy atom. The van der Waals surface area contributed by atoms with Gasteiger partial charge in [0.2, 0.25) is 9.70 Å². The van der Waals surface area contributed by atoms with Crippen LogP contribution in [0.2, 0.25) is 0 Å². The molecule has 5 nitrogen and oxygen atoms in total. The van der Waals surface area contributed by atoms with Crippen LogP contribution in [0.5, 0.6) is 0 Å². The lowest BCUT2D eigenvalue weighted by Gasteiger charge is -2.27. The summed E-state index contributed by atoms with van der Waals surface area (Å²) in [6, 6.07) is 9.28. The molecule has 3 rings (SSSR count). The Labute approximate surface area is 188 Å². The maximum Gasteiger partial charge on any atom is 0.341 e. The van der Waals surface area contributed by atoms with E-state index in [-0.39, 0.29) is 18.9 Å². The van der Waals surface area contributed by atoms with Crippen LogP contribution in [-0.2, 0) is 28.8 Å². The number of benzene rings is 1. The maximum absolute atomic E-state index is 12.5. The van der Waals surface area contributed by atoms with Crippen LogP contribution in [0.25, 0.3) is 0 Å². The second-order valence-electron chi connectivity index (χ2n) is 6.63. The lowest BCUT2D eigenvalue weighted by molar-refractivity contribution is -0.120. The minimum atomic E-state index is -1.83. The zero-order valence-electron chi connectivity index (χ0n) is 15.8. The van der Waals surface area contributed by atoms with Crippen LogP contribution in [0.3, 0.4) is 0 Å². The fourth-order valence-electron chi connectivity index (χ4n) is 3.25. The van der Waals surface area contributed by atoms with Gasteiger partial charge in [0, 0.05) is 4.88 Å². The van der Waals surface area contributed by atoms with Crippen molar-refractivity contribution in [2.24, 2.45) is 0 Å². The smallest absolute Gasteiger partial charge is 0.341 e. The summed E-state index contributed by atoms with van der Waals surface area (Å²) in [5.41, 5.74) is 2.30. The van der Waals surface area contributed by atoms with E-state index in [1.807, 2.05) is 30.3 Å². The van der Waals surface area contributed by atoms with E-state index >= 15 is 0 Å². The number of amides is 1. The topological polar surface area (TPSA) is 67.4 Å². The molecule has 29 heavy (non-hydrogen) atoms. The molecule has 0 fully saturated rings. The molecule has 156 valence electrons. The fourth-order valence-corrected chi connectivity index (χ4v) is 4.88. The number of rotatable bonds is 7. The van der Waals surface area contributed by atoms with Gasteiger partial charge in [0.25, 0.3) is 0 Å². The van der Waals surface area contributed by atoms with Crippen molar-refractivity contribution in [2.45, 2.75) is 42.6 Å². The first-order chi connectivity index (χ1) is 13.8. The lowest BCUT2D eigenvalue weighted by Crippen LogP contribution is -2.49. The van der Waals surface area contributed by atoms with Gasteiger partial charge in [-0.2, -0.15) is 0 Å². The highest BCUT2D eigenvalue weighted by Gasteiger charge is 2.37. The highest BCUT2D eigenvalue weighted by molar-refractivity contribution is 7.16. The molecule has 1 aliphatic rings. The Kier molecular flexibility index (Phi) is 7.32. The van der Waals surface area contributed by atoms with E-state index in [0.29, 0.717) is 10.6 Å². The summed E-state index contributed by atoms with van der Waals surface area (Å²) >= 11 is 19.8. The molecule has 1 heterocycles. The Morgan fingerprint density at radius 1 is 1.21 bits per heavy atom. The Bertz CT molecular complexity index is 881. The van der Waals surface area contributed by atoms with Crippen molar-refractivity contribution in [3.05, 3.63) is 51.9 Å². The van der Waals surface area contributed by atoms with Gasteiger partial charge in [0.1, 0.15) is 11.2 Å². The standard InChI is InChI=1S/C20H21Cl3N2O3S/c1-2-28-18(27)16-13-9-6-10-14(13)29-17(16)25-19(20(21,22)23)24-15(26)11-12-7-4-3-5-8-12/h3-5,7-8,19,25H,2,6,9-11H2,1H3,(H,24,26)/t19-/m1/s1. The number of nitrogens with one attached hydrogen (secondary N) is 2. The van der Waals surface area contributed by atoms with Crippen molar-refractivity contribution in [1.82, 2.24) is 5.32 Å². The number of carbonyl (C=O) groups is 2. The number of alkyl halides is 3. The van der Waals surface area contributed by atoms with Gasteiger partial charge < -0.3 is 15.4 Å². The number of aryl methyl sites for hydroxylation is 1. The monoisotopic (exact) mass is 474 g/mol. The second-order valence-corrected chi connectivity index (χ2v) is 10.1. The first kappa shape index (κ1) is 22.2. The summed E-state index contributed by atoms with van der Waals surface area (Å²) < 4.78 is 3.39. The summed E-state index contributed by atoms with van der Waals surface area (Å²) in [6.07, 6.45) is 1.82. The Hall–Kier alpha value is -1.47. The molecule has 0 bridgehead atoms. The van der Waals surface area contributed by atoms with Gasteiger partial charge in [-0.3, -0.25) is 4.79 Å². The highest BCUT2D eigenvalue weighted by atomic mass is 35.6. The van der Waals surface area contributed by atoms with Crippen molar-refractivity contribution in [1.29, 1.82) is 0 Å². The third kappa shape index (κ3) is 5.57. The SMILES string of the molecule is CCOC(=O)c1c(N[C@@H](NC(=O)Cc2ccccc2)C(Cl)(Cl)Cl)sc2c1CCC2. The number of halogens is 3. The molecule has 1 aromatic carbocycles. The van der Waals surface area contributed by atoms with E-state index in [9.17, 15) is 9.59 Å². The molecule has 0 radical (unpaired) electrons. The Balaban J connectivity index is 1.81. The minimum Gasteiger partial charge on any atom is -0.462 e. The number of carbonyl (C=O) groups excluding carboxylic acids is 2. The van der Waals surface area contributed by atoms with Crippen LogP contribution in [-0.4, -0.2) is 28.4 Å². The van der Waals surface area contributed by atoms with E-state index in [0.717, 1.165) is 35.3 Å². The molecule has 0 unspecified atom stereocenters. The predicted octanol–water partition coefficient (Wildman–Crippen LogP) is 4.88. The largest absolute Gasteiger partial charge is 0.462 e. The van der Waals surface area contributed by atoms with E-state index in [1.165, 1.54) is 11.3 Å². The number of anilines is 1. The average Bonchev–Trinajstić information content (AvgIpc) is 3.22. The van der Waals surface area contributed by atoms with E-state index < -0.39 is 15.9 Å². The van der Waals surface area contributed by atoms with Gasteiger partial charge in [-0.25, -0.2) is 4.79 Å². The molecule has 0 spiro atoms. The van der Waals surface area contributed by atoms with Gasteiger partial charge >= 0.3 is 5.97 Å². The molecular formula is C20H21Cl3N2O3S. The molecule has 1 atom stereocenters. The van der Waals surface area contributed by atoms with Gasteiger partial charge in [-0.15, -0.1) is 11.3 Å². The number of thiophene rings is 1. The third-order valence-corrected chi connectivity index (χ3v) is 6.39. The van der Waals surface area contributed by atoms with Crippen LogP contribution < -0.4 is 10.6 Å². The van der Waals surface area contributed by atoms with Crippen molar-refractivity contribution < 1.29 is 14.3 Å². The molecule has 1 aliphatic carbocycles. The zero-order valence-corrected chi connectivity index (χ0v) is 18.9. The molecular weight excluding hydrogens is 455 g/mol. The highest BCUT2D eigenvalue weighted by Crippen LogP contribution is 2.41. The number of fused-ring (bicyclic) bond motifs is 1. The first-order valence-electron chi connectivity index (χ1n) is 9.27. The van der Waals surface area contributed by atoms with Gasteiger partial charge in [-0.1, -0.05) is 65.1 Å². The van der Waals surface area contributed by atoms with Crippen molar-refractivity contribution in [2.75, 3.05) is 11.9 Å². The van der Waals surface area contributed by atoms with Crippen LogP contribution in [0.1, 0.15) is 39.7 Å². The van der Waals surface area contributed by atoms with Crippen LogP contribution in [0.15, 0.2) is 30.3 Å². The summed E-state index contributed by atoms with van der Waals surface area (Å²) in [5, 5.41) is 6.33. The normalized spacial score (nSPS) is 14.2. The molecule has 1 amide bonds. The molecule has 9 heteroatoms. The van der Waals surface area contributed by atoms with Crippen molar-refractivity contribution in [3.8, 4) is 0 Å².